The number of nitrogens with one attached hydrogen (secondary N) is 1. The van der Waals surface area contributed by atoms with Crippen LogP contribution in [0, 0.1) is 0 Å². The number of benzene rings is 1. The summed E-state index contributed by atoms with van der Waals surface area (Å²) < 4.78 is 0. The molecule has 4 heteroatoms. The Hall–Kier alpha value is -1.71. The monoisotopic (exact) mass is 235 g/mol. The van der Waals surface area contributed by atoms with Crippen LogP contribution in [0.4, 0.5) is 16.2 Å². The smallest absolute Gasteiger partial charge is 0.321 e. The molecule has 0 bridgehead atoms. The highest BCUT2D eigenvalue weighted by atomic mass is 16.2. The molecule has 0 fully saturated rings. The molecule has 0 radical (unpaired) electrons. The summed E-state index contributed by atoms with van der Waals surface area (Å²) in [5.41, 5.74) is 7.31. The van der Waals surface area contributed by atoms with Gasteiger partial charge in [-0.15, -0.1) is 0 Å². The molecule has 0 aliphatic heterocycles. The molecule has 0 saturated heterocycles. The van der Waals surface area contributed by atoms with Crippen LogP contribution in [-0.2, 0) is 0 Å². The van der Waals surface area contributed by atoms with Crippen molar-refractivity contribution < 1.29 is 4.79 Å². The van der Waals surface area contributed by atoms with Crippen molar-refractivity contribution in [1.82, 2.24) is 5.32 Å². The normalized spacial score (nSPS) is 10.0. The van der Waals surface area contributed by atoms with E-state index in [0.29, 0.717) is 18.8 Å². The number of amides is 2. The fourth-order valence-electron chi connectivity index (χ4n) is 1.62. The molecule has 0 aliphatic rings. The summed E-state index contributed by atoms with van der Waals surface area (Å²) in [7, 11) is 0. The third-order valence-electron chi connectivity index (χ3n) is 2.45. The van der Waals surface area contributed by atoms with Gasteiger partial charge in [-0.05, 0) is 25.0 Å². The number of hydrogen-bond donors (Lipinski definition) is 2. The molecule has 17 heavy (non-hydrogen) atoms. The zero-order valence-electron chi connectivity index (χ0n) is 10.6. The van der Waals surface area contributed by atoms with Crippen molar-refractivity contribution in [2.24, 2.45) is 0 Å². The molecule has 0 spiro atoms. The van der Waals surface area contributed by atoms with Gasteiger partial charge >= 0.3 is 6.03 Å². The summed E-state index contributed by atoms with van der Waals surface area (Å²) in [5, 5.41) is 2.87. The van der Waals surface area contributed by atoms with Gasteiger partial charge in [0.2, 0.25) is 0 Å². The van der Waals surface area contributed by atoms with Crippen LogP contribution in [0.25, 0.3) is 0 Å². The van der Waals surface area contributed by atoms with Gasteiger partial charge in [0.15, 0.2) is 0 Å². The maximum absolute atomic E-state index is 12.0. The first-order valence-electron chi connectivity index (χ1n) is 6.10. The Kier molecular flexibility index (Phi) is 5.33. The lowest BCUT2D eigenvalue weighted by Crippen LogP contribution is -2.41. The Morgan fingerprint density at radius 3 is 2.59 bits per heavy atom. The van der Waals surface area contributed by atoms with Crippen LogP contribution < -0.4 is 16.0 Å². The average molecular weight is 235 g/mol. The third-order valence-corrected chi connectivity index (χ3v) is 2.45. The zero-order valence-corrected chi connectivity index (χ0v) is 10.6. The maximum atomic E-state index is 12.0. The number of anilines is 2. The summed E-state index contributed by atoms with van der Waals surface area (Å²) in [6.07, 6.45) is 1.82. The minimum atomic E-state index is -0.0772. The number of para-hydroxylation sites is 2. The maximum Gasteiger partial charge on any atom is 0.321 e. The lowest BCUT2D eigenvalue weighted by molar-refractivity contribution is 0.246. The molecule has 0 unspecified atom stereocenters. The molecule has 3 N–H and O–H groups in total. The second-order valence-electron chi connectivity index (χ2n) is 3.94. The van der Waals surface area contributed by atoms with Gasteiger partial charge in [-0.1, -0.05) is 26.0 Å². The number of hydrogen-bond acceptors (Lipinski definition) is 2. The Morgan fingerprint density at radius 2 is 2.00 bits per heavy atom. The molecule has 0 heterocycles. The molecule has 2 amide bonds. The molecule has 0 atom stereocenters. The Labute approximate surface area is 103 Å². The van der Waals surface area contributed by atoms with Crippen LogP contribution in [0.2, 0.25) is 0 Å². The molecule has 0 saturated carbocycles. The van der Waals surface area contributed by atoms with E-state index in [0.717, 1.165) is 18.5 Å². The topological polar surface area (TPSA) is 58.4 Å². The van der Waals surface area contributed by atoms with Crippen LogP contribution in [0.15, 0.2) is 24.3 Å². The molecule has 94 valence electrons. The van der Waals surface area contributed by atoms with Crippen LogP contribution in [0.5, 0.6) is 0 Å². The van der Waals surface area contributed by atoms with E-state index in [1.165, 1.54) is 0 Å². The lowest BCUT2D eigenvalue weighted by atomic mass is 10.2. The van der Waals surface area contributed by atoms with E-state index in [2.05, 4.69) is 5.32 Å². The molecule has 0 aromatic heterocycles. The van der Waals surface area contributed by atoms with Crippen LogP contribution >= 0.6 is 0 Å². The van der Waals surface area contributed by atoms with E-state index >= 15 is 0 Å². The second kappa shape index (κ2) is 6.78. The van der Waals surface area contributed by atoms with Gasteiger partial charge in [0, 0.05) is 13.1 Å². The number of nitrogen functional groups attached to an aromatic ring is 1. The third kappa shape index (κ3) is 3.66. The van der Waals surface area contributed by atoms with Gasteiger partial charge in [0.25, 0.3) is 0 Å². The molecule has 1 aromatic carbocycles. The van der Waals surface area contributed by atoms with Gasteiger partial charge in [-0.25, -0.2) is 4.79 Å². The van der Waals surface area contributed by atoms with E-state index in [1.54, 1.807) is 4.90 Å². The van der Waals surface area contributed by atoms with Crippen molar-refractivity contribution in [2.75, 3.05) is 23.7 Å². The van der Waals surface area contributed by atoms with Crippen molar-refractivity contribution >= 4 is 17.4 Å². The van der Waals surface area contributed by atoms with E-state index in [-0.39, 0.29) is 6.03 Å². The summed E-state index contributed by atoms with van der Waals surface area (Å²) in [4.78, 5) is 13.7. The molecular weight excluding hydrogens is 214 g/mol. The first kappa shape index (κ1) is 13.4. The largest absolute Gasteiger partial charge is 0.397 e. The van der Waals surface area contributed by atoms with E-state index in [1.807, 2.05) is 38.1 Å². The van der Waals surface area contributed by atoms with Crippen molar-refractivity contribution in [3.05, 3.63) is 24.3 Å². The quantitative estimate of drug-likeness (QED) is 0.771. The number of urea groups is 1. The Bertz CT molecular complexity index is 365. The fourth-order valence-corrected chi connectivity index (χ4v) is 1.62. The SMILES string of the molecule is CCCNC(=O)N(CCC)c1ccccc1N. The van der Waals surface area contributed by atoms with E-state index in [4.69, 9.17) is 5.73 Å². The number of nitrogens with two attached hydrogens (primary N) is 1. The number of carbonyl (C=O) groups is 1. The minimum Gasteiger partial charge on any atom is -0.397 e. The predicted molar refractivity (Wildman–Crippen MR) is 72.2 cm³/mol. The Balaban J connectivity index is 2.85. The second-order valence-corrected chi connectivity index (χ2v) is 3.94. The van der Waals surface area contributed by atoms with Crippen molar-refractivity contribution in [3.8, 4) is 0 Å². The van der Waals surface area contributed by atoms with Gasteiger partial charge < -0.3 is 11.1 Å². The molecule has 4 nitrogen and oxygen atoms in total. The highest BCUT2D eigenvalue weighted by Crippen LogP contribution is 2.22. The summed E-state index contributed by atoms with van der Waals surface area (Å²) in [5.74, 6) is 0. The highest BCUT2D eigenvalue weighted by Gasteiger charge is 2.15. The number of rotatable bonds is 5. The van der Waals surface area contributed by atoms with Gasteiger partial charge in [-0.3, -0.25) is 4.90 Å². The first-order valence-corrected chi connectivity index (χ1v) is 6.10. The minimum absolute atomic E-state index is 0.0772. The molecular formula is C13H21N3O. The van der Waals surface area contributed by atoms with Gasteiger partial charge in [0.05, 0.1) is 11.4 Å². The number of carbonyl (C=O) groups excluding carboxylic acids is 1. The molecule has 1 aromatic rings. The predicted octanol–water partition coefficient (Wildman–Crippen LogP) is 2.60. The number of nitrogens with zero attached hydrogens (tertiary/aromatic N) is 1. The first-order chi connectivity index (χ1) is 8.20. The highest BCUT2D eigenvalue weighted by molar-refractivity contribution is 5.95. The van der Waals surface area contributed by atoms with Crippen LogP contribution in [0.1, 0.15) is 26.7 Å². The zero-order chi connectivity index (χ0) is 12.7. The van der Waals surface area contributed by atoms with E-state index < -0.39 is 0 Å². The summed E-state index contributed by atoms with van der Waals surface area (Å²) in [6, 6.07) is 7.36. The summed E-state index contributed by atoms with van der Waals surface area (Å²) in [6.45, 7) is 5.43. The van der Waals surface area contributed by atoms with Crippen molar-refractivity contribution in [1.29, 1.82) is 0 Å². The Morgan fingerprint density at radius 1 is 1.29 bits per heavy atom. The standard InChI is InChI=1S/C13H21N3O/c1-3-9-15-13(17)16(10-4-2)12-8-6-5-7-11(12)14/h5-8H,3-4,9-10,14H2,1-2H3,(H,15,17). The van der Waals surface area contributed by atoms with Crippen molar-refractivity contribution in [2.45, 2.75) is 26.7 Å². The van der Waals surface area contributed by atoms with Crippen LogP contribution in [0.3, 0.4) is 0 Å². The van der Waals surface area contributed by atoms with Crippen molar-refractivity contribution in [3.63, 3.8) is 0 Å². The fraction of sp³-hybridized carbons (Fsp3) is 0.462. The average Bonchev–Trinajstić information content (AvgIpc) is 2.34. The van der Waals surface area contributed by atoms with Gasteiger partial charge in [-0.2, -0.15) is 0 Å². The molecule has 1 rings (SSSR count). The molecule has 0 aliphatic carbocycles. The van der Waals surface area contributed by atoms with E-state index in [9.17, 15) is 4.79 Å². The van der Waals surface area contributed by atoms with Crippen LogP contribution in [-0.4, -0.2) is 19.1 Å². The van der Waals surface area contributed by atoms with Gasteiger partial charge in [0.1, 0.15) is 0 Å². The lowest BCUT2D eigenvalue weighted by Gasteiger charge is -2.23. The summed E-state index contributed by atoms with van der Waals surface area (Å²) >= 11 is 0.